The molecule has 4 nitrogen and oxygen atoms in total. The van der Waals surface area contributed by atoms with Crippen LogP contribution < -0.4 is 5.32 Å². The predicted octanol–water partition coefficient (Wildman–Crippen LogP) is 2.87. The molecule has 1 saturated carbocycles. The molecule has 0 radical (unpaired) electrons. The van der Waals surface area contributed by atoms with Crippen molar-refractivity contribution in [1.82, 2.24) is 15.3 Å². The zero-order chi connectivity index (χ0) is 13.6. The number of hydrogen-bond donors (Lipinski definition) is 1. The predicted molar refractivity (Wildman–Crippen MR) is 75.9 cm³/mol. The number of ether oxygens (including phenoxy) is 1. The molecule has 1 fully saturated rings. The second kappa shape index (κ2) is 6.96. The van der Waals surface area contributed by atoms with Crippen molar-refractivity contribution in [2.24, 2.45) is 0 Å². The highest BCUT2D eigenvalue weighted by molar-refractivity contribution is 5.16. The van der Waals surface area contributed by atoms with Crippen LogP contribution in [0.5, 0.6) is 0 Å². The summed E-state index contributed by atoms with van der Waals surface area (Å²) in [7, 11) is 0. The van der Waals surface area contributed by atoms with Crippen LogP contribution in [0, 0.1) is 0 Å². The van der Waals surface area contributed by atoms with Crippen molar-refractivity contribution in [2.75, 3.05) is 13.2 Å². The van der Waals surface area contributed by atoms with Crippen molar-refractivity contribution in [3.8, 4) is 0 Å². The van der Waals surface area contributed by atoms with Gasteiger partial charge in [0.1, 0.15) is 6.33 Å². The molecule has 1 heterocycles. The van der Waals surface area contributed by atoms with Gasteiger partial charge in [-0.1, -0.05) is 19.8 Å². The van der Waals surface area contributed by atoms with E-state index in [-0.39, 0.29) is 11.6 Å². The lowest BCUT2D eigenvalue weighted by Gasteiger charge is -2.38. The molecule has 1 aromatic heterocycles. The fourth-order valence-electron chi connectivity index (χ4n) is 3.13. The van der Waals surface area contributed by atoms with Gasteiger partial charge in [0, 0.05) is 24.6 Å². The first-order chi connectivity index (χ1) is 9.32. The third-order valence-electron chi connectivity index (χ3n) is 3.92. The SMILES string of the molecule is CCCNC(c1cncnc1)C1(OCC)CCCC1. The standard InChI is InChI=1S/C15H25N3O/c1-3-9-18-14(13-10-16-12-17-11-13)15(19-4-2)7-5-6-8-15/h10-12,14,18H,3-9H2,1-2H3. The zero-order valence-electron chi connectivity index (χ0n) is 12.1. The van der Waals surface area contributed by atoms with Gasteiger partial charge in [0.15, 0.2) is 0 Å². The molecule has 2 rings (SSSR count). The Bertz CT molecular complexity index is 363. The minimum absolute atomic E-state index is 0.0748. The summed E-state index contributed by atoms with van der Waals surface area (Å²) in [6.07, 6.45) is 11.3. The Morgan fingerprint density at radius 1 is 1.26 bits per heavy atom. The summed E-state index contributed by atoms with van der Waals surface area (Å²) >= 11 is 0. The van der Waals surface area contributed by atoms with E-state index >= 15 is 0 Å². The van der Waals surface area contributed by atoms with E-state index in [1.807, 2.05) is 12.4 Å². The van der Waals surface area contributed by atoms with Crippen LogP contribution in [-0.2, 0) is 4.74 Å². The number of rotatable bonds is 7. The summed E-state index contributed by atoms with van der Waals surface area (Å²) in [4.78, 5) is 8.34. The van der Waals surface area contributed by atoms with Crippen LogP contribution in [-0.4, -0.2) is 28.7 Å². The molecule has 1 atom stereocenters. The van der Waals surface area contributed by atoms with Crippen molar-refractivity contribution in [3.63, 3.8) is 0 Å². The molecular formula is C15H25N3O. The van der Waals surface area contributed by atoms with Gasteiger partial charge in [-0.2, -0.15) is 0 Å². The van der Waals surface area contributed by atoms with E-state index in [0.29, 0.717) is 0 Å². The molecule has 1 aliphatic carbocycles. The topological polar surface area (TPSA) is 47.0 Å². The lowest BCUT2D eigenvalue weighted by molar-refractivity contribution is -0.0627. The Hall–Kier alpha value is -1.00. The van der Waals surface area contributed by atoms with Gasteiger partial charge in [0.05, 0.1) is 11.6 Å². The van der Waals surface area contributed by atoms with Crippen LogP contribution in [0.15, 0.2) is 18.7 Å². The molecule has 0 spiro atoms. The number of nitrogens with zero attached hydrogens (tertiary/aromatic N) is 2. The van der Waals surface area contributed by atoms with Crippen LogP contribution in [0.2, 0.25) is 0 Å². The average molecular weight is 263 g/mol. The van der Waals surface area contributed by atoms with Crippen molar-refractivity contribution < 1.29 is 4.74 Å². The van der Waals surface area contributed by atoms with Gasteiger partial charge in [0.25, 0.3) is 0 Å². The first kappa shape index (κ1) is 14.4. The Morgan fingerprint density at radius 2 is 1.95 bits per heavy atom. The van der Waals surface area contributed by atoms with Crippen LogP contribution in [0.4, 0.5) is 0 Å². The second-order valence-corrected chi connectivity index (χ2v) is 5.26. The molecule has 19 heavy (non-hydrogen) atoms. The molecule has 0 aromatic carbocycles. The minimum atomic E-state index is -0.0748. The van der Waals surface area contributed by atoms with E-state index in [4.69, 9.17) is 4.74 Å². The van der Waals surface area contributed by atoms with Crippen LogP contribution in [0.3, 0.4) is 0 Å². The Labute approximate surface area is 116 Å². The summed E-state index contributed by atoms with van der Waals surface area (Å²) in [6, 6.07) is 0.205. The maximum atomic E-state index is 6.19. The molecule has 0 saturated heterocycles. The van der Waals surface area contributed by atoms with E-state index in [1.165, 1.54) is 12.8 Å². The molecule has 0 bridgehead atoms. The molecule has 1 aromatic rings. The summed E-state index contributed by atoms with van der Waals surface area (Å²) in [5.41, 5.74) is 1.07. The van der Waals surface area contributed by atoms with Gasteiger partial charge in [-0.05, 0) is 32.7 Å². The van der Waals surface area contributed by atoms with Crippen molar-refractivity contribution in [1.29, 1.82) is 0 Å². The first-order valence-corrected chi connectivity index (χ1v) is 7.44. The van der Waals surface area contributed by atoms with Gasteiger partial charge in [-0.3, -0.25) is 0 Å². The third-order valence-corrected chi connectivity index (χ3v) is 3.92. The lowest BCUT2D eigenvalue weighted by atomic mass is 9.87. The summed E-state index contributed by atoms with van der Waals surface area (Å²) < 4.78 is 6.19. The van der Waals surface area contributed by atoms with Gasteiger partial charge in [0.2, 0.25) is 0 Å². The largest absolute Gasteiger partial charge is 0.373 e. The fourth-order valence-corrected chi connectivity index (χ4v) is 3.13. The maximum absolute atomic E-state index is 6.19. The number of hydrogen-bond acceptors (Lipinski definition) is 4. The number of nitrogens with one attached hydrogen (secondary N) is 1. The summed E-state index contributed by atoms with van der Waals surface area (Å²) in [5, 5.41) is 3.65. The van der Waals surface area contributed by atoms with Crippen molar-refractivity contribution >= 4 is 0 Å². The monoisotopic (exact) mass is 263 g/mol. The van der Waals surface area contributed by atoms with Crippen LogP contribution in [0.25, 0.3) is 0 Å². The highest BCUT2D eigenvalue weighted by Crippen LogP contribution is 2.42. The first-order valence-electron chi connectivity index (χ1n) is 7.44. The molecule has 4 heteroatoms. The van der Waals surface area contributed by atoms with Gasteiger partial charge in [-0.25, -0.2) is 9.97 Å². The molecular weight excluding hydrogens is 238 g/mol. The van der Waals surface area contributed by atoms with Crippen molar-refractivity contribution in [2.45, 2.75) is 57.6 Å². The normalized spacial score (nSPS) is 19.5. The van der Waals surface area contributed by atoms with Gasteiger partial charge < -0.3 is 10.1 Å². The van der Waals surface area contributed by atoms with Gasteiger partial charge in [-0.15, -0.1) is 0 Å². The highest BCUT2D eigenvalue weighted by Gasteiger charge is 2.42. The van der Waals surface area contributed by atoms with Gasteiger partial charge >= 0.3 is 0 Å². The molecule has 1 N–H and O–H groups in total. The quantitative estimate of drug-likeness (QED) is 0.821. The number of aromatic nitrogens is 2. The van der Waals surface area contributed by atoms with E-state index in [1.54, 1.807) is 6.33 Å². The van der Waals surface area contributed by atoms with E-state index < -0.39 is 0 Å². The zero-order valence-corrected chi connectivity index (χ0v) is 12.1. The van der Waals surface area contributed by atoms with E-state index in [0.717, 1.165) is 38.0 Å². The van der Waals surface area contributed by atoms with Crippen LogP contribution in [0.1, 0.15) is 57.6 Å². The van der Waals surface area contributed by atoms with E-state index in [2.05, 4.69) is 29.1 Å². The molecule has 1 unspecified atom stereocenters. The second-order valence-electron chi connectivity index (χ2n) is 5.26. The highest BCUT2D eigenvalue weighted by atomic mass is 16.5. The third kappa shape index (κ3) is 3.31. The smallest absolute Gasteiger partial charge is 0.115 e. The molecule has 1 aliphatic rings. The molecule has 106 valence electrons. The fraction of sp³-hybridized carbons (Fsp3) is 0.733. The van der Waals surface area contributed by atoms with Crippen LogP contribution >= 0.6 is 0 Å². The Kier molecular flexibility index (Phi) is 5.28. The van der Waals surface area contributed by atoms with E-state index in [9.17, 15) is 0 Å². The average Bonchev–Trinajstić information content (AvgIpc) is 2.90. The summed E-state index contributed by atoms with van der Waals surface area (Å²) in [6.45, 7) is 6.03. The molecule has 0 amide bonds. The maximum Gasteiger partial charge on any atom is 0.115 e. The lowest BCUT2D eigenvalue weighted by Crippen LogP contribution is -2.44. The molecule has 0 aliphatic heterocycles. The van der Waals surface area contributed by atoms with Crippen molar-refractivity contribution in [3.05, 3.63) is 24.3 Å². The Morgan fingerprint density at radius 3 is 2.53 bits per heavy atom. The minimum Gasteiger partial charge on any atom is -0.373 e. The Balaban J connectivity index is 2.24. The summed E-state index contributed by atoms with van der Waals surface area (Å²) in [5.74, 6) is 0.